The Bertz CT molecular complexity index is 939. The molecule has 0 atom stereocenters. The minimum absolute atomic E-state index is 0.167. The number of hydrogen-bond acceptors (Lipinski definition) is 4. The normalized spacial score (nSPS) is 11.4. The van der Waals surface area contributed by atoms with Crippen LogP contribution in [0.4, 0.5) is 0 Å². The van der Waals surface area contributed by atoms with E-state index in [4.69, 9.17) is 0 Å². The molecule has 4 nitrogen and oxygen atoms in total. The Morgan fingerprint density at radius 3 is 2.80 bits per heavy atom. The lowest BCUT2D eigenvalue weighted by molar-refractivity contribution is 0.453. The Hall–Kier alpha value is -2.40. The fraction of sp³-hybridized carbons (Fsp3) is 0.0667. The summed E-state index contributed by atoms with van der Waals surface area (Å²) in [6.07, 6.45) is 1.69. The van der Waals surface area contributed by atoms with Crippen LogP contribution in [0.1, 0.15) is 4.88 Å². The number of nitrogens with zero attached hydrogens (tertiary/aromatic N) is 3. The Kier molecular flexibility index (Phi) is 2.31. The predicted octanol–water partition coefficient (Wildman–Crippen LogP) is 3.63. The molecule has 98 valence electrons. The van der Waals surface area contributed by atoms with Crippen LogP contribution in [0.5, 0.6) is 5.88 Å². The van der Waals surface area contributed by atoms with Gasteiger partial charge >= 0.3 is 0 Å². The molecule has 0 saturated carbocycles. The topological polar surface area (TPSA) is 50.4 Å². The van der Waals surface area contributed by atoms with Gasteiger partial charge in [0.2, 0.25) is 5.88 Å². The highest BCUT2D eigenvalue weighted by Crippen LogP contribution is 2.35. The number of aromatic nitrogens is 3. The summed E-state index contributed by atoms with van der Waals surface area (Å²) in [5.41, 5.74) is 2.96. The van der Waals surface area contributed by atoms with Crippen LogP contribution in [-0.2, 0) is 0 Å². The molecule has 1 aromatic carbocycles. The van der Waals surface area contributed by atoms with Crippen molar-refractivity contribution in [3.63, 3.8) is 0 Å². The molecule has 5 heteroatoms. The SMILES string of the molecule is Cc1ccc(-c2nc3cnc4ccccc4n3c2O)s1. The number of imidazole rings is 1. The van der Waals surface area contributed by atoms with E-state index in [-0.39, 0.29) is 5.88 Å². The molecule has 1 N–H and O–H groups in total. The fourth-order valence-corrected chi connectivity index (χ4v) is 3.22. The van der Waals surface area contributed by atoms with Crippen LogP contribution < -0.4 is 0 Å². The first-order valence-electron chi connectivity index (χ1n) is 6.26. The number of aryl methyl sites for hydroxylation is 1. The minimum atomic E-state index is 0.167. The summed E-state index contributed by atoms with van der Waals surface area (Å²) >= 11 is 1.62. The van der Waals surface area contributed by atoms with Gasteiger partial charge in [0, 0.05) is 4.88 Å². The second kappa shape index (κ2) is 4.05. The molecular formula is C15H11N3OS. The van der Waals surface area contributed by atoms with E-state index in [1.807, 2.05) is 43.3 Å². The summed E-state index contributed by atoms with van der Waals surface area (Å²) in [5, 5.41) is 10.5. The molecule has 0 bridgehead atoms. The van der Waals surface area contributed by atoms with E-state index in [1.165, 1.54) is 4.88 Å². The Labute approximate surface area is 119 Å². The molecule has 0 aliphatic carbocycles. The Morgan fingerprint density at radius 1 is 1.15 bits per heavy atom. The number of thiophene rings is 1. The number of aromatic hydroxyl groups is 1. The molecule has 0 saturated heterocycles. The third kappa shape index (κ3) is 1.53. The van der Waals surface area contributed by atoms with Gasteiger partial charge in [-0.1, -0.05) is 12.1 Å². The van der Waals surface area contributed by atoms with Crippen molar-refractivity contribution in [3.05, 3.63) is 47.5 Å². The van der Waals surface area contributed by atoms with Crippen molar-refractivity contribution in [2.45, 2.75) is 6.92 Å². The molecule has 0 unspecified atom stereocenters. The summed E-state index contributed by atoms with van der Waals surface area (Å²) in [6.45, 7) is 2.04. The maximum atomic E-state index is 10.5. The summed E-state index contributed by atoms with van der Waals surface area (Å²) in [5.74, 6) is 0.167. The first-order chi connectivity index (χ1) is 9.74. The van der Waals surface area contributed by atoms with E-state index in [9.17, 15) is 5.11 Å². The van der Waals surface area contributed by atoms with Crippen LogP contribution in [0, 0.1) is 6.92 Å². The van der Waals surface area contributed by atoms with Crippen LogP contribution in [-0.4, -0.2) is 19.5 Å². The zero-order valence-corrected chi connectivity index (χ0v) is 11.6. The molecule has 3 aromatic heterocycles. The number of rotatable bonds is 1. The highest BCUT2D eigenvalue weighted by atomic mass is 32.1. The molecule has 0 radical (unpaired) electrons. The van der Waals surface area contributed by atoms with Gasteiger partial charge in [-0.05, 0) is 31.2 Å². The second-order valence-corrected chi connectivity index (χ2v) is 5.92. The van der Waals surface area contributed by atoms with Crippen molar-refractivity contribution in [2.24, 2.45) is 0 Å². The van der Waals surface area contributed by atoms with Crippen molar-refractivity contribution >= 4 is 28.0 Å². The number of hydrogen-bond donors (Lipinski definition) is 1. The lowest BCUT2D eigenvalue weighted by Crippen LogP contribution is -1.89. The van der Waals surface area contributed by atoms with Gasteiger partial charge in [0.15, 0.2) is 5.65 Å². The van der Waals surface area contributed by atoms with E-state index in [0.717, 1.165) is 15.9 Å². The second-order valence-electron chi connectivity index (χ2n) is 4.63. The van der Waals surface area contributed by atoms with Gasteiger partial charge in [-0.15, -0.1) is 11.3 Å². The molecule has 0 aliphatic rings. The van der Waals surface area contributed by atoms with Gasteiger partial charge in [0.1, 0.15) is 5.69 Å². The highest BCUT2D eigenvalue weighted by Gasteiger charge is 2.16. The van der Waals surface area contributed by atoms with E-state index >= 15 is 0 Å². The molecular weight excluding hydrogens is 270 g/mol. The predicted molar refractivity (Wildman–Crippen MR) is 80.2 cm³/mol. The highest BCUT2D eigenvalue weighted by molar-refractivity contribution is 7.15. The standard InChI is InChI=1S/C15H11N3OS/c1-9-6-7-12(20-9)14-15(19)18-11-5-3-2-4-10(11)16-8-13(18)17-14/h2-8,19H,1H3. The van der Waals surface area contributed by atoms with Gasteiger partial charge in [0.05, 0.1) is 22.1 Å². The largest absolute Gasteiger partial charge is 0.493 e. The van der Waals surface area contributed by atoms with Crippen LogP contribution in [0.2, 0.25) is 0 Å². The molecule has 3 heterocycles. The zero-order chi connectivity index (χ0) is 13.7. The molecule has 0 fully saturated rings. The van der Waals surface area contributed by atoms with Gasteiger partial charge < -0.3 is 5.11 Å². The monoisotopic (exact) mass is 281 g/mol. The van der Waals surface area contributed by atoms with Crippen LogP contribution in [0.15, 0.2) is 42.6 Å². The van der Waals surface area contributed by atoms with E-state index in [0.29, 0.717) is 11.3 Å². The maximum Gasteiger partial charge on any atom is 0.225 e. The summed E-state index contributed by atoms with van der Waals surface area (Å²) in [4.78, 5) is 11.0. The zero-order valence-electron chi connectivity index (χ0n) is 10.7. The molecule has 20 heavy (non-hydrogen) atoms. The van der Waals surface area contributed by atoms with E-state index in [2.05, 4.69) is 9.97 Å². The summed E-state index contributed by atoms with van der Waals surface area (Å²) in [6, 6.07) is 11.7. The maximum absolute atomic E-state index is 10.5. The van der Waals surface area contributed by atoms with Crippen molar-refractivity contribution in [3.8, 4) is 16.5 Å². The average Bonchev–Trinajstić information content (AvgIpc) is 3.03. The molecule has 4 rings (SSSR count). The summed E-state index contributed by atoms with van der Waals surface area (Å²) < 4.78 is 1.74. The van der Waals surface area contributed by atoms with Crippen molar-refractivity contribution < 1.29 is 5.11 Å². The Morgan fingerprint density at radius 2 is 2.00 bits per heavy atom. The first kappa shape index (κ1) is 11.4. The number of fused-ring (bicyclic) bond motifs is 3. The molecule has 0 amide bonds. The smallest absolute Gasteiger partial charge is 0.225 e. The molecule has 4 aromatic rings. The van der Waals surface area contributed by atoms with Crippen LogP contribution >= 0.6 is 11.3 Å². The average molecular weight is 281 g/mol. The molecule has 0 aliphatic heterocycles. The van der Waals surface area contributed by atoms with Gasteiger partial charge in [0.25, 0.3) is 0 Å². The van der Waals surface area contributed by atoms with E-state index < -0.39 is 0 Å². The van der Waals surface area contributed by atoms with Crippen molar-refractivity contribution in [2.75, 3.05) is 0 Å². The third-order valence-corrected chi connectivity index (χ3v) is 4.30. The van der Waals surface area contributed by atoms with Crippen molar-refractivity contribution in [1.29, 1.82) is 0 Å². The Balaban J connectivity index is 2.10. The van der Waals surface area contributed by atoms with Gasteiger partial charge in [-0.3, -0.25) is 9.38 Å². The summed E-state index contributed by atoms with van der Waals surface area (Å²) in [7, 11) is 0. The number of benzene rings is 1. The van der Waals surface area contributed by atoms with Crippen LogP contribution in [0.25, 0.3) is 27.3 Å². The lowest BCUT2D eigenvalue weighted by atomic mass is 10.3. The fourth-order valence-electron chi connectivity index (χ4n) is 2.37. The molecule has 0 spiro atoms. The first-order valence-corrected chi connectivity index (χ1v) is 7.07. The van der Waals surface area contributed by atoms with Crippen LogP contribution in [0.3, 0.4) is 0 Å². The number of para-hydroxylation sites is 2. The van der Waals surface area contributed by atoms with Gasteiger partial charge in [-0.25, -0.2) is 4.98 Å². The lowest BCUT2D eigenvalue weighted by Gasteiger charge is -2.01. The minimum Gasteiger partial charge on any atom is -0.493 e. The third-order valence-electron chi connectivity index (χ3n) is 3.29. The van der Waals surface area contributed by atoms with Gasteiger partial charge in [-0.2, -0.15) is 0 Å². The van der Waals surface area contributed by atoms with E-state index in [1.54, 1.807) is 21.9 Å². The quantitative estimate of drug-likeness (QED) is 0.579. The van der Waals surface area contributed by atoms with Crippen molar-refractivity contribution in [1.82, 2.24) is 14.4 Å².